The summed E-state index contributed by atoms with van der Waals surface area (Å²) in [5.74, 6) is 0.777. The van der Waals surface area contributed by atoms with E-state index in [0.717, 1.165) is 24.4 Å². The van der Waals surface area contributed by atoms with Gasteiger partial charge in [-0.25, -0.2) is 0 Å². The van der Waals surface area contributed by atoms with Crippen LogP contribution < -0.4 is 9.64 Å². The number of benzene rings is 2. The summed E-state index contributed by atoms with van der Waals surface area (Å²) < 4.78 is 11.6. The topological polar surface area (TPSA) is 65.4 Å². The van der Waals surface area contributed by atoms with E-state index >= 15 is 0 Å². The van der Waals surface area contributed by atoms with Gasteiger partial charge in [-0.05, 0) is 50.5 Å². The van der Waals surface area contributed by atoms with Crippen LogP contribution in [0.1, 0.15) is 24.0 Å². The Morgan fingerprint density at radius 2 is 1.66 bits per heavy atom. The molecule has 6 nitrogen and oxygen atoms in total. The fourth-order valence-corrected chi connectivity index (χ4v) is 4.66. The SMILES string of the molecule is Cc1ccc(N2CCC(O)(CN3CCOC[C@](O)(COc4ccccc4C)C3)CC2)cc1. The average Bonchev–Trinajstić information content (AvgIpc) is 2.95. The second-order valence-electron chi connectivity index (χ2n) is 9.59. The summed E-state index contributed by atoms with van der Waals surface area (Å²) in [7, 11) is 0. The summed E-state index contributed by atoms with van der Waals surface area (Å²) in [6, 6.07) is 16.4. The number of rotatable bonds is 6. The molecule has 2 saturated heterocycles. The molecule has 2 heterocycles. The predicted molar refractivity (Wildman–Crippen MR) is 126 cm³/mol. The van der Waals surface area contributed by atoms with Crippen molar-refractivity contribution in [3.8, 4) is 5.75 Å². The van der Waals surface area contributed by atoms with Crippen LogP contribution in [-0.2, 0) is 4.74 Å². The van der Waals surface area contributed by atoms with E-state index in [1.165, 1.54) is 11.3 Å². The third-order valence-corrected chi connectivity index (χ3v) is 6.64. The summed E-state index contributed by atoms with van der Waals surface area (Å²) in [6.07, 6.45) is 1.41. The summed E-state index contributed by atoms with van der Waals surface area (Å²) in [5.41, 5.74) is 1.63. The molecular formula is C26H36N2O4. The van der Waals surface area contributed by atoms with E-state index < -0.39 is 11.2 Å². The van der Waals surface area contributed by atoms with Gasteiger partial charge in [0.1, 0.15) is 18.0 Å². The maximum Gasteiger partial charge on any atom is 0.134 e. The minimum atomic E-state index is -1.11. The quantitative estimate of drug-likeness (QED) is 0.720. The van der Waals surface area contributed by atoms with Crippen LogP contribution in [0.25, 0.3) is 0 Å². The van der Waals surface area contributed by atoms with Crippen LogP contribution in [0, 0.1) is 13.8 Å². The average molecular weight is 441 g/mol. The number of nitrogens with zero attached hydrogens (tertiary/aromatic N) is 2. The predicted octanol–water partition coefficient (Wildman–Crippen LogP) is 2.78. The number of β-amino-alcohol motifs (C(OH)–C–C–N with tert-alkyl or cyclic N) is 2. The maximum absolute atomic E-state index is 11.3. The number of aryl methyl sites for hydroxylation is 2. The highest BCUT2D eigenvalue weighted by Crippen LogP contribution is 2.28. The minimum Gasteiger partial charge on any atom is -0.490 e. The lowest BCUT2D eigenvalue weighted by Gasteiger charge is -2.42. The molecule has 2 N–H and O–H groups in total. The zero-order chi connectivity index (χ0) is 22.6. The van der Waals surface area contributed by atoms with Crippen LogP contribution in [0.15, 0.2) is 48.5 Å². The Morgan fingerprint density at radius 1 is 0.938 bits per heavy atom. The van der Waals surface area contributed by atoms with Crippen molar-refractivity contribution < 1.29 is 19.7 Å². The van der Waals surface area contributed by atoms with Crippen molar-refractivity contribution >= 4 is 5.69 Å². The molecule has 1 atom stereocenters. The summed E-state index contributed by atoms with van der Waals surface area (Å²) >= 11 is 0. The van der Waals surface area contributed by atoms with Crippen LogP contribution in [-0.4, -0.2) is 78.9 Å². The molecular weight excluding hydrogens is 404 g/mol. The van der Waals surface area contributed by atoms with Crippen molar-refractivity contribution in [3.05, 3.63) is 59.7 Å². The van der Waals surface area contributed by atoms with E-state index in [1.807, 2.05) is 31.2 Å². The Bertz CT molecular complexity index is 880. The Hall–Kier alpha value is -2.12. The normalized spacial score (nSPS) is 24.2. The highest BCUT2D eigenvalue weighted by molar-refractivity contribution is 5.48. The van der Waals surface area contributed by atoms with Crippen LogP contribution >= 0.6 is 0 Å². The molecule has 0 radical (unpaired) electrons. The van der Waals surface area contributed by atoms with Crippen molar-refractivity contribution in [1.82, 2.24) is 4.90 Å². The van der Waals surface area contributed by atoms with Crippen molar-refractivity contribution in [3.63, 3.8) is 0 Å². The molecule has 0 bridgehead atoms. The molecule has 6 heteroatoms. The molecule has 0 aromatic heterocycles. The van der Waals surface area contributed by atoms with Crippen molar-refractivity contribution in [2.24, 2.45) is 0 Å². The van der Waals surface area contributed by atoms with Crippen molar-refractivity contribution in [2.75, 3.05) is 57.4 Å². The second-order valence-corrected chi connectivity index (χ2v) is 9.59. The number of aliphatic hydroxyl groups is 2. The number of anilines is 1. The van der Waals surface area contributed by atoms with Gasteiger partial charge >= 0.3 is 0 Å². The lowest BCUT2D eigenvalue weighted by molar-refractivity contribution is -0.0743. The number of hydrogen-bond acceptors (Lipinski definition) is 6. The summed E-state index contributed by atoms with van der Waals surface area (Å²) in [6.45, 7) is 8.31. The first-order valence-electron chi connectivity index (χ1n) is 11.6. The lowest BCUT2D eigenvalue weighted by atomic mass is 9.90. The number of piperidine rings is 1. The Labute approximate surface area is 191 Å². The van der Waals surface area contributed by atoms with Gasteiger partial charge in [0.25, 0.3) is 0 Å². The Kier molecular flexibility index (Phi) is 7.05. The fourth-order valence-electron chi connectivity index (χ4n) is 4.66. The Morgan fingerprint density at radius 3 is 2.38 bits per heavy atom. The van der Waals surface area contributed by atoms with Gasteiger partial charge < -0.3 is 24.6 Å². The standard InChI is InChI=1S/C26H36N2O4/c1-21-7-9-23(10-8-21)28-13-11-25(29,12-14-28)17-27-15-16-31-19-26(30,18-27)20-32-24-6-4-3-5-22(24)2/h3-10,29-30H,11-20H2,1-2H3/t26-/m0/s1. The molecule has 0 aliphatic carbocycles. The van der Waals surface area contributed by atoms with Crippen LogP contribution in [0.4, 0.5) is 5.69 Å². The first kappa shape index (κ1) is 23.1. The van der Waals surface area contributed by atoms with Gasteiger partial charge in [-0.3, -0.25) is 4.90 Å². The lowest BCUT2D eigenvalue weighted by Crippen LogP contribution is -2.55. The largest absolute Gasteiger partial charge is 0.490 e. The molecule has 32 heavy (non-hydrogen) atoms. The molecule has 0 spiro atoms. The first-order chi connectivity index (χ1) is 15.3. The van der Waals surface area contributed by atoms with Gasteiger partial charge in [0.05, 0.1) is 18.8 Å². The van der Waals surface area contributed by atoms with Crippen LogP contribution in [0.2, 0.25) is 0 Å². The van der Waals surface area contributed by atoms with Crippen molar-refractivity contribution in [2.45, 2.75) is 37.9 Å². The van der Waals surface area contributed by atoms with Gasteiger partial charge in [-0.2, -0.15) is 0 Å². The number of hydrogen-bond donors (Lipinski definition) is 2. The molecule has 4 rings (SSSR count). The van der Waals surface area contributed by atoms with Gasteiger partial charge in [0, 0.05) is 38.4 Å². The molecule has 2 aliphatic heterocycles. The minimum absolute atomic E-state index is 0.161. The van der Waals surface area contributed by atoms with Gasteiger partial charge in [-0.1, -0.05) is 35.9 Å². The number of para-hydroxylation sites is 1. The third kappa shape index (κ3) is 5.81. The molecule has 0 unspecified atom stereocenters. The maximum atomic E-state index is 11.3. The van der Waals surface area contributed by atoms with Crippen molar-refractivity contribution in [1.29, 1.82) is 0 Å². The Balaban J connectivity index is 1.33. The van der Waals surface area contributed by atoms with Gasteiger partial charge in [-0.15, -0.1) is 0 Å². The molecule has 2 aromatic rings. The van der Waals surface area contributed by atoms with E-state index in [0.29, 0.717) is 39.1 Å². The number of ether oxygens (including phenoxy) is 2. The van der Waals surface area contributed by atoms with Crippen LogP contribution in [0.5, 0.6) is 5.75 Å². The molecule has 0 amide bonds. The monoisotopic (exact) mass is 440 g/mol. The smallest absolute Gasteiger partial charge is 0.134 e. The van der Waals surface area contributed by atoms with E-state index in [1.54, 1.807) is 0 Å². The zero-order valence-corrected chi connectivity index (χ0v) is 19.3. The molecule has 2 aliphatic rings. The fraction of sp³-hybridized carbons (Fsp3) is 0.538. The highest BCUT2D eigenvalue weighted by Gasteiger charge is 2.39. The van der Waals surface area contributed by atoms with E-state index in [-0.39, 0.29) is 13.2 Å². The summed E-state index contributed by atoms with van der Waals surface area (Å²) in [5, 5.41) is 22.5. The first-order valence-corrected chi connectivity index (χ1v) is 11.6. The zero-order valence-electron chi connectivity index (χ0n) is 19.3. The van der Waals surface area contributed by atoms with E-state index in [9.17, 15) is 10.2 Å². The second kappa shape index (κ2) is 9.79. The third-order valence-electron chi connectivity index (χ3n) is 6.64. The highest BCUT2D eigenvalue weighted by atomic mass is 16.5. The van der Waals surface area contributed by atoms with Gasteiger partial charge in [0.2, 0.25) is 0 Å². The molecule has 2 aromatic carbocycles. The van der Waals surface area contributed by atoms with Gasteiger partial charge in [0.15, 0.2) is 0 Å². The molecule has 2 fully saturated rings. The van der Waals surface area contributed by atoms with Crippen LogP contribution in [0.3, 0.4) is 0 Å². The van der Waals surface area contributed by atoms with E-state index in [4.69, 9.17) is 9.47 Å². The molecule has 0 saturated carbocycles. The summed E-state index contributed by atoms with van der Waals surface area (Å²) in [4.78, 5) is 4.47. The van der Waals surface area contributed by atoms with E-state index in [2.05, 4.69) is 41.0 Å². The molecule has 174 valence electrons.